The Kier molecular flexibility index (Phi) is 3.98. The number of nitrogens with zero attached hydrogens (tertiary/aromatic N) is 3. The summed E-state index contributed by atoms with van der Waals surface area (Å²) in [6, 6.07) is 0.477. The summed E-state index contributed by atoms with van der Waals surface area (Å²) in [7, 11) is 0. The zero-order chi connectivity index (χ0) is 13.8. The minimum Gasteiger partial charge on any atom is -0.461 e. The van der Waals surface area contributed by atoms with Crippen molar-refractivity contribution < 1.29 is 9.53 Å². The average Bonchev–Trinajstić information content (AvgIpc) is 3.08. The molecule has 0 spiro atoms. The van der Waals surface area contributed by atoms with Crippen LogP contribution in [0.5, 0.6) is 6.01 Å². The molecule has 1 heterocycles. The van der Waals surface area contributed by atoms with E-state index in [1.54, 1.807) is 0 Å². The van der Waals surface area contributed by atoms with E-state index in [0.717, 1.165) is 12.8 Å². The molecule has 0 unspecified atom stereocenters. The van der Waals surface area contributed by atoms with Crippen molar-refractivity contribution in [1.29, 1.82) is 0 Å². The van der Waals surface area contributed by atoms with E-state index >= 15 is 0 Å². The van der Waals surface area contributed by atoms with Crippen molar-refractivity contribution in [2.75, 3.05) is 17.6 Å². The second-order valence-electron chi connectivity index (χ2n) is 4.66. The molecule has 0 aromatic carbocycles. The molecule has 0 bridgehead atoms. The molecule has 0 atom stereocenters. The van der Waals surface area contributed by atoms with E-state index in [1.807, 2.05) is 13.8 Å². The topological polar surface area (TPSA) is 115 Å². The van der Waals surface area contributed by atoms with Crippen LogP contribution in [0.15, 0.2) is 0 Å². The molecule has 1 saturated carbocycles. The third-order valence-corrected chi connectivity index (χ3v) is 2.32. The lowest BCUT2D eigenvalue weighted by molar-refractivity contribution is -0.119. The highest BCUT2D eigenvalue weighted by Gasteiger charge is 2.23. The van der Waals surface area contributed by atoms with Gasteiger partial charge in [-0.2, -0.15) is 15.0 Å². The van der Waals surface area contributed by atoms with Crippen LogP contribution in [0.1, 0.15) is 26.7 Å². The van der Waals surface area contributed by atoms with Crippen molar-refractivity contribution in [3.63, 3.8) is 0 Å². The van der Waals surface area contributed by atoms with Gasteiger partial charge in [-0.05, 0) is 26.7 Å². The van der Waals surface area contributed by atoms with Crippen molar-refractivity contribution in [3.05, 3.63) is 0 Å². The maximum absolute atomic E-state index is 11.5. The molecule has 4 N–H and O–H groups in total. The number of rotatable bonds is 6. The van der Waals surface area contributed by atoms with E-state index in [1.165, 1.54) is 0 Å². The highest BCUT2D eigenvalue weighted by atomic mass is 16.5. The zero-order valence-electron chi connectivity index (χ0n) is 11.0. The van der Waals surface area contributed by atoms with Gasteiger partial charge >= 0.3 is 6.01 Å². The number of nitrogens with one attached hydrogen (secondary N) is 2. The number of carbonyl (C=O) groups is 1. The van der Waals surface area contributed by atoms with Crippen molar-refractivity contribution in [3.8, 4) is 6.01 Å². The number of amides is 1. The third kappa shape index (κ3) is 4.57. The van der Waals surface area contributed by atoms with Crippen LogP contribution in [0.4, 0.5) is 11.9 Å². The van der Waals surface area contributed by atoms with Crippen molar-refractivity contribution in [1.82, 2.24) is 20.3 Å². The van der Waals surface area contributed by atoms with Gasteiger partial charge in [-0.25, -0.2) is 0 Å². The Morgan fingerprint density at radius 2 is 2.16 bits per heavy atom. The van der Waals surface area contributed by atoms with Crippen molar-refractivity contribution in [2.45, 2.75) is 38.8 Å². The van der Waals surface area contributed by atoms with Crippen molar-refractivity contribution >= 4 is 17.8 Å². The zero-order valence-corrected chi connectivity index (χ0v) is 11.0. The maximum Gasteiger partial charge on any atom is 0.323 e. The minimum absolute atomic E-state index is 0.0516. The minimum atomic E-state index is -0.0900. The fourth-order valence-electron chi connectivity index (χ4n) is 1.38. The van der Waals surface area contributed by atoms with Gasteiger partial charge in [0, 0.05) is 6.04 Å². The summed E-state index contributed by atoms with van der Waals surface area (Å²) in [6.07, 6.45) is 2.04. The Hall–Kier alpha value is -2.12. The van der Waals surface area contributed by atoms with Crippen LogP contribution in [0, 0.1) is 0 Å². The highest BCUT2D eigenvalue weighted by molar-refractivity contribution is 5.80. The average molecular weight is 266 g/mol. The lowest BCUT2D eigenvalue weighted by Gasteiger charge is -2.10. The van der Waals surface area contributed by atoms with Crippen molar-refractivity contribution in [2.24, 2.45) is 0 Å². The Labute approximate surface area is 111 Å². The molecule has 19 heavy (non-hydrogen) atoms. The molecule has 0 radical (unpaired) electrons. The summed E-state index contributed by atoms with van der Waals surface area (Å²) in [6.45, 7) is 3.81. The summed E-state index contributed by atoms with van der Waals surface area (Å²) >= 11 is 0. The lowest BCUT2D eigenvalue weighted by atomic mass is 10.5. The van der Waals surface area contributed by atoms with E-state index in [-0.39, 0.29) is 36.5 Å². The van der Waals surface area contributed by atoms with Gasteiger partial charge < -0.3 is 21.1 Å². The van der Waals surface area contributed by atoms with Gasteiger partial charge in [-0.15, -0.1) is 0 Å². The third-order valence-electron chi connectivity index (χ3n) is 2.32. The van der Waals surface area contributed by atoms with Crippen LogP contribution < -0.4 is 21.1 Å². The molecule has 8 nitrogen and oxygen atoms in total. The molecule has 0 saturated heterocycles. The normalized spacial score (nSPS) is 14.3. The number of carbonyl (C=O) groups excluding carboxylic acids is 1. The molecular weight excluding hydrogens is 248 g/mol. The number of ether oxygens (including phenoxy) is 1. The number of hydrogen-bond acceptors (Lipinski definition) is 7. The van der Waals surface area contributed by atoms with Gasteiger partial charge in [0.05, 0.1) is 12.6 Å². The summed E-state index contributed by atoms with van der Waals surface area (Å²) < 4.78 is 5.33. The van der Waals surface area contributed by atoms with Crippen LogP contribution in [0.3, 0.4) is 0 Å². The second kappa shape index (κ2) is 5.68. The molecule has 104 valence electrons. The lowest BCUT2D eigenvalue weighted by Crippen LogP contribution is -2.31. The molecule has 1 aliphatic rings. The molecule has 2 rings (SSSR count). The Bertz CT molecular complexity index is 460. The molecule has 1 aliphatic carbocycles. The standard InChI is InChI=1S/C11H18N6O2/c1-6(2)19-11-16-9(12)15-10(17-11)13-5-8(18)14-7-3-4-7/h6-7H,3-5H2,1-2H3,(H,14,18)(H3,12,13,15,16,17). The first kappa shape index (κ1) is 13.3. The van der Waals surface area contributed by atoms with E-state index in [2.05, 4.69) is 25.6 Å². The van der Waals surface area contributed by atoms with Crippen LogP contribution in [0.25, 0.3) is 0 Å². The second-order valence-corrected chi connectivity index (χ2v) is 4.66. The van der Waals surface area contributed by atoms with Gasteiger partial charge in [0.15, 0.2) is 0 Å². The maximum atomic E-state index is 11.5. The number of nitrogen functional groups attached to an aromatic ring is 1. The summed E-state index contributed by atoms with van der Waals surface area (Å²) in [5.41, 5.74) is 5.55. The first-order valence-corrected chi connectivity index (χ1v) is 6.24. The molecule has 1 aromatic heterocycles. The van der Waals surface area contributed by atoms with Crippen LogP contribution in [0.2, 0.25) is 0 Å². The quantitative estimate of drug-likeness (QED) is 0.660. The van der Waals surface area contributed by atoms with Crippen LogP contribution >= 0.6 is 0 Å². The van der Waals surface area contributed by atoms with E-state index in [0.29, 0.717) is 6.04 Å². The smallest absolute Gasteiger partial charge is 0.323 e. The monoisotopic (exact) mass is 266 g/mol. The fourth-order valence-corrected chi connectivity index (χ4v) is 1.38. The number of anilines is 2. The predicted octanol–water partition coefficient (Wildman–Crippen LogP) is -0.0685. The van der Waals surface area contributed by atoms with Gasteiger partial charge in [0.2, 0.25) is 17.8 Å². The molecule has 1 amide bonds. The van der Waals surface area contributed by atoms with Gasteiger partial charge in [0.1, 0.15) is 0 Å². The predicted molar refractivity (Wildman–Crippen MR) is 69.7 cm³/mol. The molecule has 0 aliphatic heterocycles. The molecular formula is C11H18N6O2. The summed E-state index contributed by atoms with van der Waals surface area (Å²) in [5, 5.41) is 5.65. The first-order chi connectivity index (χ1) is 9.02. The summed E-state index contributed by atoms with van der Waals surface area (Å²) in [5.74, 6) is 0.192. The van der Waals surface area contributed by atoms with E-state index in [9.17, 15) is 4.79 Å². The largest absolute Gasteiger partial charge is 0.461 e. The SMILES string of the molecule is CC(C)Oc1nc(N)nc(NCC(=O)NC2CC2)n1. The Morgan fingerprint density at radius 3 is 2.79 bits per heavy atom. The Balaban J connectivity index is 1.90. The molecule has 1 fully saturated rings. The molecule has 1 aromatic rings. The Morgan fingerprint density at radius 1 is 1.42 bits per heavy atom. The van der Waals surface area contributed by atoms with E-state index < -0.39 is 0 Å². The fraction of sp³-hybridized carbons (Fsp3) is 0.636. The summed E-state index contributed by atoms with van der Waals surface area (Å²) in [4.78, 5) is 23.3. The first-order valence-electron chi connectivity index (χ1n) is 6.24. The van der Waals surface area contributed by atoms with Crippen LogP contribution in [-0.2, 0) is 4.79 Å². The van der Waals surface area contributed by atoms with Gasteiger partial charge in [-0.3, -0.25) is 4.79 Å². The van der Waals surface area contributed by atoms with Crippen LogP contribution in [-0.4, -0.2) is 39.5 Å². The van der Waals surface area contributed by atoms with E-state index in [4.69, 9.17) is 10.5 Å². The number of aromatic nitrogens is 3. The van der Waals surface area contributed by atoms with Gasteiger partial charge in [-0.1, -0.05) is 0 Å². The number of nitrogens with two attached hydrogens (primary N) is 1. The number of hydrogen-bond donors (Lipinski definition) is 3. The molecule has 8 heteroatoms. The van der Waals surface area contributed by atoms with Gasteiger partial charge in [0.25, 0.3) is 0 Å². The highest BCUT2D eigenvalue weighted by Crippen LogP contribution is 2.18.